The second-order valence-electron chi connectivity index (χ2n) is 30.6. The van der Waals surface area contributed by atoms with Gasteiger partial charge in [0.2, 0.25) is 0 Å². The van der Waals surface area contributed by atoms with Crippen LogP contribution in [0.5, 0.6) is 23.0 Å². The Morgan fingerprint density at radius 1 is 0.256 bits per heavy atom. The maximum Gasteiger partial charge on any atom is 0.184 e. The topological polar surface area (TPSA) is 321 Å². The summed E-state index contributed by atoms with van der Waals surface area (Å²) in [6.07, 6.45) is 9.69. The molecule has 0 saturated carbocycles. The van der Waals surface area contributed by atoms with E-state index in [0.29, 0.717) is 110 Å². The van der Waals surface area contributed by atoms with Crippen LogP contribution in [0.25, 0.3) is 0 Å². The van der Waals surface area contributed by atoms with Gasteiger partial charge in [0.05, 0.1) is 111 Å². The van der Waals surface area contributed by atoms with Crippen molar-refractivity contribution in [3.8, 4) is 23.0 Å². The van der Waals surface area contributed by atoms with Gasteiger partial charge in [0, 0.05) is 32.4 Å². The molecule has 0 bridgehead atoms. The minimum absolute atomic E-state index is 0.279. The number of ether oxygens (including phenoxy) is 5. The molecular weight excluding hydrogens is 1770 g/mol. The lowest BCUT2D eigenvalue weighted by atomic mass is 10.3. The molecule has 0 radical (unpaired) electrons. The molecule has 0 unspecified atom stereocenters. The van der Waals surface area contributed by atoms with Crippen molar-refractivity contribution in [1.29, 1.82) is 0 Å². The third-order valence-electron chi connectivity index (χ3n) is 15.3. The molecule has 7 rings (SSSR count). The summed E-state index contributed by atoms with van der Waals surface area (Å²) in [7, 11) is -20.8. The predicted octanol–water partition coefficient (Wildman–Crippen LogP) is 25.9. The highest BCUT2D eigenvalue weighted by atomic mass is 32.2. The van der Waals surface area contributed by atoms with Crippen LogP contribution in [0.3, 0.4) is 0 Å². The zero-order valence-electron chi connectivity index (χ0n) is 85.6. The van der Waals surface area contributed by atoms with Gasteiger partial charge in [-0.3, -0.25) is 0 Å². The summed E-state index contributed by atoms with van der Waals surface area (Å²) in [5, 5.41) is 6.40. The number of sulfone groups is 7. The van der Waals surface area contributed by atoms with E-state index in [9.17, 15) is 58.9 Å². The lowest BCUT2D eigenvalue weighted by Crippen LogP contribution is -2.17. The summed E-state index contributed by atoms with van der Waals surface area (Å²) in [5.41, 5.74) is 2.17. The highest BCUT2D eigenvalue weighted by Gasteiger charge is 2.27. The average molecular weight is 1950 g/mol. The standard InChI is InChI=1S/C12H19NO3S.C12H18O3S.2C11H17NO2S.3C11H16O3S.7C3H8/c1-10(2)17(14,15)12-7-5-4-6-11(12)13-8-9-16-3;1-4-9-15-11-5-7-12(8-6-11)16(13,14)10(2)3;1-4-12-10-6-5-7-11(8-10)15(13,14)9(2)3;1-4-12-10-7-5-6-8-11(10)15(13,14)9(2)3;1-4-14-10-5-7-11(8-6-10)15(12,13)9(2)3;1-4-14-10-6-5-7-11(8-10)15(12,13)9(2)3;1-4-14-10-7-5-6-8-11(10)15(12,13)9(2)3;7*1-3-2/h4-7,10,13H,8-9H2,1-3H3;5-8,10H,4,9H2,1-3H3;2*5-9,12H,4H2,1-3H3;3*5-9H,4H2,1-3H3;7*3H2,1-2H3. The molecule has 0 spiro atoms. The summed E-state index contributed by atoms with van der Waals surface area (Å²) >= 11 is 0. The van der Waals surface area contributed by atoms with Crippen molar-refractivity contribution in [2.75, 3.05) is 75.7 Å². The van der Waals surface area contributed by atoms with Crippen LogP contribution in [0.1, 0.15) is 287 Å². The van der Waals surface area contributed by atoms with Crippen LogP contribution in [0.4, 0.5) is 17.1 Å². The number of anilines is 3. The van der Waals surface area contributed by atoms with Crippen molar-refractivity contribution in [2.24, 2.45) is 0 Å². The molecule has 29 heteroatoms. The number of benzene rings is 7. The molecular formula is C100H175N3O19S7. The first-order chi connectivity index (χ1) is 60.3. The van der Waals surface area contributed by atoms with Gasteiger partial charge >= 0.3 is 0 Å². The smallest absolute Gasteiger partial charge is 0.184 e. The Balaban J connectivity index is -0.000000259. The van der Waals surface area contributed by atoms with Gasteiger partial charge < -0.3 is 39.6 Å². The average Bonchev–Trinajstić information content (AvgIpc) is 0.855. The molecule has 0 aromatic heterocycles. The zero-order chi connectivity index (χ0) is 101. The molecule has 129 heavy (non-hydrogen) atoms. The van der Waals surface area contributed by atoms with Gasteiger partial charge in [-0.2, -0.15) is 0 Å². The van der Waals surface area contributed by atoms with Crippen LogP contribution in [-0.4, -0.2) is 155 Å². The molecule has 0 heterocycles. The third-order valence-corrected chi connectivity index (χ3v) is 30.5. The van der Waals surface area contributed by atoms with E-state index in [1.54, 1.807) is 256 Å². The van der Waals surface area contributed by atoms with E-state index in [1.165, 1.54) is 44.9 Å². The molecule has 0 fully saturated rings. The van der Waals surface area contributed by atoms with Crippen molar-refractivity contribution in [2.45, 2.75) is 358 Å². The van der Waals surface area contributed by atoms with Gasteiger partial charge in [0.25, 0.3) is 0 Å². The second-order valence-corrected chi connectivity index (χ2v) is 48.1. The van der Waals surface area contributed by atoms with Crippen molar-refractivity contribution >= 4 is 85.9 Å². The van der Waals surface area contributed by atoms with Gasteiger partial charge in [-0.1, -0.05) is 197 Å². The molecule has 0 aliphatic carbocycles. The summed E-state index contributed by atoms with van der Waals surface area (Å²) in [4.78, 5) is 2.43. The third kappa shape index (κ3) is 56.4. The maximum atomic E-state index is 12.1. The summed E-state index contributed by atoms with van der Waals surface area (Å²) in [6, 6.07) is 47.4. The van der Waals surface area contributed by atoms with Crippen LogP contribution >= 0.6 is 0 Å². The van der Waals surface area contributed by atoms with Crippen LogP contribution in [-0.2, 0) is 73.6 Å². The molecule has 0 aliphatic rings. The van der Waals surface area contributed by atoms with Gasteiger partial charge in [-0.25, -0.2) is 58.9 Å². The van der Waals surface area contributed by atoms with E-state index in [0.717, 1.165) is 18.7 Å². The lowest BCUT2D eigenvalue weighted by molar-refractivity contribution is 0.210. The van der Waals surface area contributed by atoms with Gasteiger partial charge in [0.1, 0.15) is 27.9 Å². The van der Waals surface area contributed by atoms with Crippen LogP contribution < -0.4 is 34.9 Å². The minimum Gasteiger partial charge on any atom is -0.494 e. The normalized spacial score (nSPS) is 10.8. The van der Waals surface area contributed by atoms with Gasteiger partial charge in [0.15, 0.2) is 68.9 Å². The van der Waals surface area contributed by atoms with Crippen molar-refractivity contribution in [1.82, 2.24) is 0 Å². The number of nitrogens with one attached hydrogen (secondary N) is 3. The SMILES string of the molecule is CCC.CCC.CCC.CCC.CCC.CCC.CCC.CCCOc1ccc(S(=O)(=O)C(C)C)cc1.CCNc1cccc(S(=O)(=O)C(C)C)c1.CCNc1ccccc1S(=O)(=O)C(C)C.CCOc1ccc(S(=O)(=O)C(C)C)cc1.CCOc1cccc(S(=O)(=O)C(C)C)c1.CCOc1ccccc1S(=O)(=O)C(C)C.COCCNc1ccccc1S(=O)(=O)C(C)C. The molecule has 746 valence electrons. The number of hydrogen-bond donors (Lipinski definition) is 3. The lowest BCUT2D eigenvalue weighted by Gasteiger charge is -2.14. The van der Waals surface area contributed by atoms with Crippen molar-refractivity contribution in [3.63, 3.8) is 0 Å². The fourth-order valence-electron chi connectivity index (χ4n) is 8.74. The summed E-state index contributed by atoms with van der Waals surface area (Å²) < 4.78 is 193. The maximum absolute atomic E-state index is 12.1. The summed E-state index contributed by atoms with van der Waals surface area (Å²) in [6.45, 7) is 69.6. The Bertz CT molecular complexity index is 4590. The second kappa shape index (κ2) is 77.2. The predicted molar refractivity (Wildman–Crippen MR) is 551 cm³/mol. The molecule has 0 saturated heterocycles. The highest BCUT2D eigenvalue weighted by Crippen LogP contribution is 2.30. The van der Waals surface area contributed by atoms with E-state index in [4.69, 9.17) is 23.7 Å². The zero-order valence-corrected chi connectivity index (χ0v) is 91.4. The van der Waals surface area contributed by atoms with Crippen LogP contribution in [0.15, 0.2) is 204 Å². The van der Waals surface area contributed by atoms with Crippen LogP contribution in [0, 0.1) is 0 Å². The number of rotatable bonds is 31. The Hall–Kier alpha value is -7.25. The monoisotopic (exact) mass is 1950 g/mol. The fraction of sp³-hybridized carbons (Fsp3) is 0.580. The minimum atomic E-state index is -3.25. The van der Waals surface area contributed by atoms with Crippen molar-refractivity contribution in [3.05, 3.63) is 170 Å². The molecule has 0 atom stereocenters. The van der Waals surface area contributed by atoms with E-state index in [1.807, 2.05) is 59.7 Å². The summed E-state index contributed by atoms with van der Waals surface area (Å²) in [5.74, 6) is 2.44. The molecule has 7 aromatic rings. The highest BCUT2D eigenvalue weighted by molar-refractivity contribution is 7.93. The first kappa shape index (κ1) is 135. The van der Waals surface area contributed by atoms with Gasteiger partial charge in [-0.15, -0.1) is 0 Å². The first-order valence-electron chi connectivity index (χ1n) is 45.9. The number of para-hydroxylation sites is 3. The Morgan fingerprint density at radius 3 is 0.868 bits per heavy atom. The van der Waals surface area contributed by atoms with Crippen molar-refractivity contribution < 1.29 is 82.6 Å². The number of methoxy groups -OCH3 is 1. The van der Waals surface area contributed by atoms with Gasteiger partial charge in [-0.05, 0) is 259 Å². The molecule has 3 N–H and O–H groups in total. The quantitative estimate of drug-likeness (QED) is 0.0340. The fourth-order valence-corrected chi connectivity index (χ4v) is 16.7. The number of hydrogen-bond acceptors (Lipinski definition) is 22. The Morgan fingerprint density at radius 2 is 0.543 bits per heavy atom. The first-order valence-corrected chi connectivity index (χ1v) is 56.7. The molecule has 0 aliphatic heterocycles. The van der Waals surface area contributed by atoms with E-state index >= 15 is 0 Å². The Kier molecular flexibility index (Phi) is 80.7. The van der Waals surface area contributed by atoms with E-state index in [-0.39, 0.29) is 10.1 Å². The molecule has 0 amide bonds. The van der Waals surface area contributed by atoms with E-state index < -0.39 is 100 Å². The molecule has 22 nitrogen and oxygen atoms in total. The molecule has 7 aromatic carbocycles. The van der Waals surface area contributed by atoms with E-state index in [2.05, 4.69) is 113 Å². The Labute approximate surface area is 789 Å². The van der Waals surface area contributed by atoms with Crippen LogP contribution in [0.2, 0.25) is 0 Å². The largest absolute Gasteiger partial charge is 0.494 e.